The first-order valence-corrected chi connectivity index (χ1v) is 8.79. The van der Waals surface area contributed by atoms with Crippen LogP contribution < -0.4 is 19.7 Å². The number of nitrogens with zero attached hydrogens (tertiary/aromatic N) is 3. The Morgan fingerprint density at radius 3 is 2.92 bits per heavy atom. The molecule has 1 aliphatic rings. The van der Waals surface area contributed by atoms with E-state index in [4.69, 9.17) is 9.47 Å². The number of carbonyl (C=O) groups excluding carboxylic acids is 1. The van der Waals surface area contributed by atoms with Gasteiger partial charge in [0.2, 0.25) is 6.79 Å². The SMILES string of the molecule is CN(C)c1ncccc1C(=O)Nc1nc(-c2ccc3c(c2)OCO3)cs1. The van der Waals surface area contributed by atoms with E-state index >= 15 is 0 Å². The van der Waals surface area contributed by atoms with Gasteiger partial charge in [-0.15, -0.1) is 11.3 Å². The van der Waals surface area contributed by atoms with Gasteiger partial charge in [-0.05, 0) is 30.3 Å². The number of nitrogens with one attached hydrogen (secondary N) is 1. The molecule has 0 spiro atoms. The molecule has 26 heavy (non-hydrogen) atoms. The minimum absolute atomic E-state index is 0.233. The monoisotopic (exact) mass is 368 g/mol. The Kier molecular flexibility index (Phi) is 4.18. The smallest absolute Gasteiger partial charge is 0.261 e. The number of ether oxygens (including phenoxy) is 2. The number of pyridine rings is 1. The number of rotatable bonds is 4. The molecule has 0 bridgehead atoms. The van der Waals surface area contributed by atoms with Crippen molar-refractivity contribution in [3.63, 3.8) is 0 Å². The maximum atomic E-state index is 12.6. The number of hydrogen-bond acceptors (Lipinski definition) is 7. The molecule has 3 aromatic rings. The van der Waals surface area contributed by atoms with Crippen LogP contribution in [0.2, 0.25) is 0 Å². The van der Waals surface area contributed by atoms with Gasteiger partial charge in [-0.2, -0.15) is 0 Å². The Morgan fingerprint density at radius 1 is 1.23 bits per heavy atom. The second-order valence-corrected chi connectivity index (χ2v) is 6.69. The van der Waals surface area contributed by atoms with Gasteiger partial charge in [0.25, 0.3) is 5.91 Å². The summed E-state index contributed by atoms with van der Waals surface area (Å²) >= 11 is 1.37. The van der Waals surface area contributed by atoms with Crippen molar-refractivity contribution in [3.8, 4) is 22.8 Å². The van der Waals surface area contributed by atoms with E-state index in [2.05, 4.69) is 15.3 Å². The van der Waals surface area contributed by atoms with Crippen LogP contribution in [-0.2, 0) is 0 Å². The normalized spacial score (nSPS) is 12.1. The van der Waals surface area contributed by atoms with Crippen LogP contribution in [0.25, 0.3) is 11.3 Å². The van der Waals surface area contributed by atoms with Crippen LogP contribution in [0.1, 0.15) is 10.4 Å². The van der Waals surface area contributed by atoms with Gasteiger partial charge in [0, 0.05) is 31.2 Å². The molecule has 0 fully saturated rings. The first-order chi connectivity index (χ1) is 12.6. The first kappa shape index (κ1) is 16.3. The molecule has 4 rings (SSSR count). The molecule has 0 aliphatic carbocycles. The highest BCUT2D eigenvalue weighted by Gasteiger charge is 2.17. The Bertz CT molecular complexity index is 971. The molecule has 1 aromatic carbocycles. The minimum Gasteiger partial charge on any atom is -0.454 e. The zero-order chi connectivity index (χ0) is 18.1. The Morgan fingerprint density at radius 2 is 2.08 bits per heavy atom. The molecular weight excluding hydrogens is 352 g/mol. The number of thiazole rings is 1. The van der Waals surface area contributed by atoms with Gasteiger partial charge < -0.3 is 14.4 Å². The minimum atomic E-state index is -0.242. The molecule has 1 N–H and O–H groups in total. The number of carbonyl (C=O) groups is 1. The highest BCUT2D eigenvalue weighted by molar-refractivity contribution is 7.14. The van der Waals surface area contributed by atoms with Crippen molar-refractivity contribution in [1.82, 2.24) is 9.97 Å². The lowest BCUT2D eigenvalue weighted by Gasteiger charge is -2.14. The third-order valence-electron chi connectivity index (χ3n) is 3.85. The van der Waals surface area contributed by atoms with Crippen LogP contribution in [0.3, 0.4) is 0 Å². The van der Waals surface area contributed by atoms with E-state index in [0.717, 1.165) is 17.0 Å². The van der Waals surface area contributed by atoms with Crippen molar-refractivity contribution in [3.05, 3.63) is 47.5 Å². The first-order valence-electron chi connectivity index (χ1n) is 7.91. The lowest BCUT2D eigenvalue weighted by Crippen LogP contribution is -2.19. The van der Waals surface area contributed by atoms with Crippen LogP contribution in [0.4, 0.5) is 10.9 Å². The van der Waals surface area contributed by atoms with Gasteiger partial charge in [-0.3, -0.25) is 10.1 Å². The van der Waals surface area contributed by atoms with Crippen LogP contribution in [0.5, 0.6) is 11.5 Å². The van der Waals surface area contributed by atoms with E-state index in [1.54, 1.807) is 23.2 Å². The van der Waals surface area contributed by atoms with Crippen LogP contribution in [0.15, 0.2) is 41.9 Å². The van der Waals surface area contributed by atoms with Crippen LogP contribution in [-0.4, -0.2) is 36.8 Å². The zero-order valence-electron chi connectivity index (χ0n) is 14.2. The maximum Gasteiger partial charge on any atom is 0.261 e. The molecule has 132 valence electrons. The molecule has 1 aliphatic heterocycles. The van der Waals surface area contributed by atoms with E-state index in [1.165, 1.54) is 11.3 Å². The summed E-state index contributed by atoms with van der Waals surface area (Å²) < 4.78 is 10.7. The van der Waals surface area contributed by atoms with E-state index in [-0.39, 0.29) is 12.7 Å². The van der Waals surface area contributed by atoms with Gasteiger partial charge in [-0.25, -0.2) is 9.97 Å². The van der Waals surface area contributed by atoms with Crippen molar-refractivity contribution in [1.29, 1.82) is 0 Å². The third kappa shape index (κ3) is 3.06. The summed E-state index contributed by atoms with van der Waals surface area (Å²) in [7, 11) is 3.69. The average molecular weight is 368 g/mol. The summed E-state index contributed by atoms with van der Waals surface area (Å²) in [5.74, 6) is 1.79. The summed E-state index contributed by atoms with van der Waals surface area (Å²) in [5.41, 5.74) is 2.17. The molecule has 0 radical (unpaired) electrons. The summed E-state index contributed by atoms with van der Waals surface area (Å²) in [4.78, 5) is 23.1. The molecular formula is C18H16N4O3S. The number of aromatic nitrogens is 2. The molecule has 0 saturated carbocycles. The zero-order valence-corrected chi connectivity index (χ0v) is 15.0. The van der Waals surface area contributed by atoms with Crippen molar-refractivity contribution in [2.45, 2.75) is 0 Å². The fourth-order valence-corrected chi connectivity index (χ4v) is 3.33. The lowest BCUT2D eigenvalue weighted by atomic mass is 10.1. The van der Waals surface area contributed by atoms with Crippen molar-refractivity contribution < 1.29 is 14.3 Å². The van der Waals surface area contributed by atoms with Gasteiger partial charge >= 0.3 is 0 Å². The number of amides is 1. The van der Waals surface area contributed by atoms with Gasteiger partial charge in [0.15, 0.2) is 16.6 Å². The largest absolute Gasteiger partial charge is 0.454 e. The van der Waals surface area contributed by atoms with Gasteiger partial charge in [-0.1, -0.05) is 0 Å². The Labute approximate surface area is 154 Å². The van der Waals surface area contributed by atoms with E-state index in [0.29, 0.717) is 22.3 Å². The predicted octanol–water partition coefficient (Wildman–Crippen LogP) is 3.25. The molecule has 2 aromatic heterocycles. The molecule has 8 heteroatoms. The summed E-state index contributed by atoms with van der Waals surface area (Å²) in [6.45, 7) is 0.233. The van der Waals surface area contributed by atoms with Crippen molar-refractivity contribution in [2.24, 2.45) is 0 Å². The lowest BCUT2D eigenvalue weighted by molar-refractivity contribution is 0.102. The van der Waals surface area contributed by atoms with E-state index < -0.39 is 0 Å². The molecule has 0 atom stereocenters. The number of benzene rings is 1. The van der Waals surface area contributed by atoms with Crippen LogP contribution >= 0.6 is 11.3 Å². The predicted molar refractivity (Wildman–Crippen MR) is 100 cm³/mol. The summed E-state index contributed by atoms with van der Waals surface area (Å²) in [5, 5.41) is 5.26. The quantitative estimate of drug-likeness (QED) is 0.762. The van der Waals surface area contributed by atoms with E-state index in [9.17, 15) is 4.79 Å². The average Bonchev–Trinajstić information content (AvgIpc) is 3.30. The third-order valence-corrected chi connectivity index (χ3v) is 4.61. The second kappa shape index (κ2) is 6.64. The standard InChI is InChI=1S/C18H16N4O3S/c1-22(2)16-12(4-3-7-19-16)17(23)21-18-20-13(9-26-18)11-5-6-14-15(8-11)25-10-24-14/h3-9H,10H2,1-2H3,(H,20,21,23). The van der Waals surface area contributed by atoms with Gasteiger partial charge in [0.05, 0.1) is 11.3 Å². The van der Waals surface area contributed by atoms with Gasteiger partial charge in [0.1, 0.15) is 5.82 Å². The fraction of sp³-hybridized carbons (Fsp3) is 0.167. The fourth-order valence-electron chi connectivity index (χ4n) is 2.61. The molecule has 1 amide bonds. The Balaban J connectivity index is 1.55. The highest BCUT2D eigenvalue weighted by atomic mass is 32.1. The summed E-state index contributed by atoms with van der Waals surface area (Å²) in [6.07, 6.45) is 1.66. The second-order valence-electron chi connectivity index (χ2n) is 5.83. The Hall–Kier alpha value is -3.13. The highest BCUT2D eigenvalue weighted by Crippen LogP contribution is 2.36. The van der Waals surface area contributed by atoms with Crippen LogP contribution in [0, 0.1) is 0 Å². The number of fused-ring (bicyclic) bond motifs is 1. The van der Waals surface area contributed by atoms with E-state index in [1.807, 2.05) is 37.7 Å². The summed E-state index contributed by atoms with van der Waals surface area (Å²) in [6, 6.07) is 9.13. The molecule has 0 saturated heterocycles. The molecule has 3 heterocycles. The molecule has 0 unspecified atom stereocenters. The van der Waals surface area contributed by atoms with Crippen molar-refractivity contribution in [2.75, 3.05) is 31.1 Å². The number of hydrogen-bond donors (Lipinski definition) is 1. The maximum absolute atomic E-state index is 12.6. The number of anilines is 2. The van der Waals surface area contributed by atoms with Crippen molar-refractivity contribution >= 4 is 28.2 Å². The topological polar surface area (TPSA) is 76.6 Å². The molecule has 7 nitrogen and oxygen atoms in total.